The molecule has 10 heteroatoms. The summed E-state index contributed by atoms with van der Waals surface area (Å²) in [5, 5.41) is 22.9. The Labute approximate surface area is 224 Å². The smallest absolute Gasteiger partial charge is 0.250 e. The average molecular weight is 521 g/mol. The molecule has 204 valence electrons. The van der Waals surface area contributed by atoms with Gasteiger partial charge in [-0.3, -0.25) is 9.48 Å². The molecule has 2 aliphatic carbocycles. The summed E-state index contributed by atoms with van der Waals surface area (Å²) >= 11 is 0. The van der Waals surface area contributed by atoms with Crippen molar-refractivity contribution in [2.45, 2.75) is 77.1 Å². The van der Waals surface area contributed by atoms with Crippen LogP contribution in [-0.2, 0) is 29.0 Å². The minimum Gasteiger partial charge on any atom is -0.373 e. The Morgan fingerprint density at radius 1 is 1.32 bits per heavy atom. The van der Waals surface area contributed by atoms with E-state index in [0.717, 1.165) is 93.2 Å². The van der Waals surface area contributed by atoms with Crippen molar-refractivity contribution in [2.75, 3.05) is 43.5 Å². The first kappa shape index (κ1) is 25.3. The Morgan fingerprint density at radius 3 is 2.84 bits per heavy atom. The summed E-state index contributed by atoms with van der Waals surface area (Å²) in [4.78, 5) is 19.9. The van der Waals surface area contributed by atoms with Crippen molar-refractivity contribution in [1.82, 2.24) is 25.4 Å². The van der Waals surface area contributed by atoms with E-state index in [1.165, 1.54) is 17.5 Å². The lowest BCUT2D eigenvalue weighted by Crippen LogP contribution is -2.54. The van der Waals surface area contributed by atoms with Crippen molar-refractivity contribution in [2.24, 2.45) is 5.41 Å². The summed E-state index contributed by atoms with van der Waals surface area (Å²) in [6, 6.07) is 2.09. The van der Waals surface area contributed by atoms with E-state index in [1.807, 2.05) is 14.0 Å². The molecule has 2 bridgehead atoms. The number of ether oxygens (including phenoxy) is 1. The molecule has 2 aliphatic heterocycles. The van der Waals surface area contributed by atoms with Gasteiger partial charge in [0.05, 0.1) is 23.6 Å². The fourth-order valence-electron chi connectivity index (χ4n) is 7.37. The van der Waals surface area contributed by atoms with E-state index in [2.05, 4.69) is 43.5 Å². The monoisotopic (exact) mass is 520 g/mol. The molecule has 3 fully saturated rings. The molecular formula is C28H40N8O2. The van der Waals surface area contributed by atoms with Crippen LogP contribution in [0.3, 0.4) is 0 Å². The zero-order valence-corrected chi connectivity index (χ0v) is 22.8. The van der Waals surface area contributed by atoms with Crippen LogP contribution in [0.25, 0.3) is 0 Å². The van der Waals surface area contributed by atoms with Crippen LogP contribution in [0.1, 0.15) is 60.3 Å². The van der Waals surface area contributed by atoms with Gasteiger partial charge in [0.25, 0.3) is 5.91 Å². The molecule has 2 saturated carbocycles. The Hall–Kier alpha value is -2.98. The number of hydrogen-bond donors (Lipinski definition) is 4. The van der Waals surface area contributed by atoms with E-state index < -0.39 is 0 Å². The molecule has 1 unspecified atom stereocenters. The lowest BCUT2D eigenvalue weighted by molar-refractivity contribution is -0.136. The number of pyridine rings is 1. The van der Waals surface area contributed by atoms with Gasteiger partial charge in [-0.1, -0.05) is 0 Å². The lowest BCUT2D eigenvalue weighted by Gasteiger charge is -2.33. The van der Waals surface area contributed by atoms with Gasteiger partial charge in [-0.2, -0.15) is 5.10 Å². The van der Waals surface area contributed by atoms with Gasteiger partial charge in [0, 0.05) is 74.9 Å². The molecule has 1 amide bonds. The Balaban J connectivity index is 1.18. The van der Waals surface area contributed by atoms with Gasteiger partial charge in [-0.05, 0) is 57.4 Å². The first-order valence-electron chi connectivity index (χ1n) is 14.0. The van der Waals surface area contributed by atoms with Crippen LogP contribution in [0.15, 0.2) is 6.07 Å². The highest BCUT2D eigenvalue weighted by Gasteiger charge is 2.55. The molecule has 4 aliphatic rings. The molecule has 2 aromatic heterocycles. The summed E-state index contributed by atoms with van der Waals surface area (Å²) in [5.41, 5.74) is 6.67. The molecule has 0 radical (unpaired) electrons. The van der Waals surface area contributed by atoms with Crippen molar-refractivity contribution < 1.29 is 9.53 Å². The third-order valence-electron chi connectivity index (χ3n) is 9.30. The number of amides is 1. The number of nitrogens with zero attached hydrogens (tertiary/aromatic N) is 4. The molecule has 6 rings (SSSR count). The molecule has 10 nitrogen and oxygen atoms in total. The third kappa shape index (κ3) is 4.37. The number of nitrogens with one attached hydrogen (secondary N) is 4. The second-order valence-corrected chi connectivity index (χ2v) is 11.8. The van der Waals surface area contributed by atoms with E-state index >= 15 is 0 Å². The highest BCUT2D eigenvalue weighted by Crippen LogP contribution is 2.57. The number of carbonyl (C=O) groups is 1. The van der Waals surface area contributed by atoms with Crippen molar-refractivity contribution in [1.29, 1.82) is 5.41 Å². The second-order valence-electron chi connectivity index (χ2n) is 11.8. The fraction of sp³-hybridized carbons (Fsp3) is 0.643. The van der Waals surface area contributed by atoms with Crippen LogP contribution in [0.2, 0.25) is 0 Å². The standard InChI is InChI=1S/C28H40N8O2/c1-18-12-23(20(13-29)25(30-3)32-18)35-10-4-22-21(15-35)19(2)34-36(22)17-27-5-7-28(16-27,8-6-27)33-26(37)24-14-31-9-11-38-24/h12-13,24,29,31H,4-11,14-17H2,1-3H3,(H,30,32)(H,33,37). The normalized spacial score (nSPS) is 28.3. The lowest BCUT2D eigenvalue weighted by atomic mass is 9.84. The first-order valence-corrected chi connectivity index (χ1v) is 14.0. The number of hydrogen-bond acceptors (Lipinski definition) is 8. The molecule has 38 heavy (non-hydrogen) atoms. The topological polar surface area (TPSA) is 120 Å². The number of rotatable bonds is 7. The number of morpholine rings is 1. The van der Waals surface area contributed by atoms with Crippen LogP contribution in [0, 0.1) is 24.7 Å². The Kier molecular flexibility index (Phi) is 6.42. The van der Waals surface area contributed by atoms with Gasteiger partial charge >= 0.3 is 0 Å². The van der Waals surface area contributed by atoms with Gasteiger partial charge in [0.1, 0.15) is 11.9 Å². The van der Waals surface area contributed by atoms with E-state index in [1.54, 1.807) is 0 Å². The van der Waals surface area contributed by atoms with Crippen molar-refractivity contribution >= 4 is 23.6 Å². The number of carbonyl (C=O) groups excluding carboxylic acids is 1. The predicted octanol–water partition coefficient (Wildman–Crippen LogP) is 2.30. The molecule has 0 spiro atoms. The van der Waals surface area contributed by atoms with Crippen LogP contribution in [0.4, 0.5) is 11.5 Å². The van der Waals surface area contributed by atoms with E-state index in [-0.39, 0.29) is 23.0 Å². The fourth-order valence-corrected chi connectivity index (χ4v) is 7.37. The maximum atomic E-state index is 12.9. The van der Waals surface area contributed by atoms with Crippen LogP contribution in [-0.4, -0.2) is 71.8 Å². The van der Waals surface area contributed by atoms with Crippen molar-refractivity contribution in [3.63, 3.8) is 0 Å². The summed E-state index contributed by atoms with van der Waals surface area (Å²) in [5.74, 6) is 0.788. The molecule has 4 heterocycles. The van der Waals surface area contributed by atoms with Crippen LogP contribution in [0.5, 0.6) is 0 Å². The van der Waals surface area contributed by atoms with Crippen molar-refractivity contribution in [3.05, 3.63) is 34.3 Å². The molecule has 2 aromatic rings. The number of anilines is 2. The SMILES string of the molecule is CNc1nc(C)cc(N2CCc3c(c(C)nn3CC34CCC(NC(=O)C5CNCCO5)(CC3)C4)C2)c1C=N. The summed E-state index contributed by atoms with van der Waals surface area (Å²) in [6.45, 7) is 8.72. The van der Waals surface area contributed by atoms with Gasteiger partial charge in [0.2, 0.25) is 0 Å². The van der Waals surface area contributed by atoms with Gasteiger partial charge in [-0.25, -0.2) is 4.98 Å². The number of fused-ring (bicyclic) bond motifs is 3. The minimum absolute atomic E-state index is 0.0411. The molecule has 0 aromatic carbocycles. The third-order valence-corrected chi connectivity index (χ3v) is 9.30. The molecular weight excluding hydrogens is 480 g/mol. The Morgan fingerprint density at radius 2 is 2.13 bits per heavy atom. The predicted molar refractivity (Wildman–Crippen MR) is 147 cm³/mol. The highest BCUT2D eigenvalue weighted by molar-refractivity contribution is 5.92. The number of aryl methyl sites for hydroxylation is 2. The summed E-state index contributed by atoms with van der Waals surface area (Å²) in [6.07, 6.45) is 7.31. The molecule has 1 atom stereocenters. The maximum Gasteiger partial charge on any atom is 0.250 e. The van der Waals surface area contributed by atoms with Gasteiger partial charge in [-0.15, -0.1) is 0 Å². The van der Waals surface area contributed by atoms with Gasteiger partial charge < -0.3 is 31.0 Å². The quantitative estimate of drug-likeness (QED) is 0.414. The number of aromatic nitrogens is 3. The maximum absolute atomic E-state index is 12.9. The van der Waals surface area contributed by atoms with Crippen LogP contribution < -0.4 is 20.9 Å². The summed E-state index contributed by atoms with van der Waals surface area (Å²) < 4.78 is 7.99. The van der Waals surface area contributed by atoms with Gasteiger partial charge in [0.15, 0.2) is 0 Å². The van der Waals surface area contributed by atoms with E-state index in [0.29, 0.717) is 13.2 Å². The van der Waals surface area contributed by atoms with E-state index in [9.17, 15) is 4.79 Å². The largest absolute Gasteiger partial charge is 0.373 e. The second kappa shape index (κ2) is 9.64. The first-order chi connectivity index (χ1) is 18.3. The average Bonchev–Trinajstić information content (AvgIpc) is 3.57. The zero-order chi connectivity index (χ0) is 26.5. The van der Waals surface area contributed by atoms with Crippen molar-refractivity contribution in [3.8, 4) is 0 Å². The highest BCUT2D eigenvalue weighted by atomic mass is 16.5. The zero-order valence-electron chi connectivity index (χ0n) is 22.8. The minimum atomic E-state index is -0.376. The van der Waals surface area contributed by atoms with Crippen LogP contribution >= 0.6 is 0 Å². The van der Waals surface area contributed by atoms with E-state index in [4.69, 9.17) is 15.2 Å². The summed E-state index contributed by atoms with van der Waals surface area (Å²) in [7, 11) is 1.85. The Bertz CT molecular complexity index is 1240. The molecule has 4 N–H and O–H groups in total. The molecule has 1 saturated heterocycles.